The van der Waals surface area contributed by atoms with Crippen molar-refractivity contribution in [3.8, 4) is 0 Å². The first kappa shape index (κ1) is 42.2. The molecule has 0 radical (unpaired) electrons. The van der Waals surface area contributed by atoms with E-state index in [9.17, 15) is 14.0 Å². The van der Waals surface area contributed by atoms with Crippen molar-refractivity contribution in [2.45, 2.75) is 144 Å². The number of ether oxygens (including phenoxy) is 6. The van der Waals surface area contributed by atoms with Crippen molar-refractivity contribution in [2.24, 2.45) is 68.5 Å². The van der Waals surface area contributed by atoms with Gasteiger partial charge in [0.1, 0.15) is 31.8 Å². The zero-order valence-corrected chi connectivity index (χ0v) is 34.7. The summed E-state index contributed by atoms with van der Waals surface area (Å²) in [6.45, 7) is 17.3. The Hall–Kier alpha value is -0.970. The van der Waals surface area contributed by atoms with Crippen LogP contribution in [-0.2, 0) is 38.0 Å². The van der Waals surface area contributed by atoms with Crippen LogP contribution in [0.5, 0.6) is 0 Å². The molecule has 6 rings (SSSR count). The minimum Gasteiger partial charge on any atom is -0.381 e. The average Bonchev–Trinajstić information content (AvgIpc) is 3.74. The Bertz CT molecular complexity index is 1260. The Morgan fingerprint density at radius 2 is 1.10 bits per heavy atom. The quantitative estimate of drug-likeness (QED) is 0.218. The maximum Gasteiger partial charge on any atom is 0.146 e. The van der Waals surface area contributed by atoms with Gasteiger partial charge >= 0.3 is 0 Å². The highest BCUT2D eigenvalue weighted by atomic mass is 19.1. The van der Waals surface area contributed by atoms with E-state index < -0.39 is 12.1 Å². The van der Waals surface area contributed by atoms with Crippen LogP contribution in [0, 0.1) is 68.5 Å². The van der Waals surface area contributed by atoms with Gasteiger partial charge in [-0.3, -0.25) is 14.0 Å². The summed E-state index contributed by atoms with van der Waals surface area (Å²) in [5.41, 5.74) is -1.22. The molecule has 0 N–H and O–H groups in total. The van der Waals surface area contributed by atoms with Gasteiger partial charge in [0, 0.05) is 57.0 Å². The van der Waals surface area contributed by atoms with Gasteiger partial charge in [0.2, 0.25) is 0 Å². The number of hydrogen-bond acceptors (Lipinski definition) is 8. The van der Waals surface area contributed by atoms with Crippen LogP contribution in [0.15, 0.2) is 0 Å². The first-order chi connectivity index (χ1) is 24.5. The van der Waals surface area contributed by atoms with Gasteiger partial charge in [-0.15, -0.1) is 0 Å². The van der Waals surface area contributed by atoms with Crippen molar-refractivity contribution in [1.82, 2.24) is 0 Å². The number of halogens is 1. The van der Waals surface area contributed by atoms with E-state index in [1.807, 2.05) is 14.0 Å². The topological polar surface area (TPSA) is 89.5 Å². The molecule has 0 saturated heterocycles. The van der Waals surface area contributed by atoms with E-state index in [0.717, 1.165) is 51.4 Å². The Morgan fingerprint density at radius 1 is 0.654 bits per heavy atom. The van der Waals surface area contributed by atoms with E-state index >= 15 is 0 Å². The Balaban J connectivity index is 0.000000202. The summed E-state index contributed by atoms with van der Waals surface area (Å²) < 4.78 is 49.1. The van der Waals surface area contributed by atoms with Crippen LogP contribution < -0.4 is 0 Å². The van der Waals surface area contributed by atoms with Crippen molar-refractivity contribution in [3.05, 3.63) is 0 Å². The summed E-state index contributed by atoms with van der Waals surface area (Å²) in [6, 6.07) is 0. The third-order valence-corrected chi connectivity index (χ3v) is 17.2. The molecule has 4 bridgehead atoms. The van der Waals surface area contributed by atoms with Gasteiger partial charge in [0.15, 0.2) is 0 Å². The summed E-state index contributed by atoms with van der Waals surface area (Å²) in [6.07, 6.45) is 9.85. The van der Waals surface area contributed by atoms with E-state index in [4.69, 9.17) is 28.4 Å². The first-order valence-corrected chi connectivity index (χ1v) is 20.4. The normalized spacial score (nSPS) is 50.2. The van der Waals surface area contributed by atoms with Crippen molar-refractivity contribution in [3.63, 3.8) is 0 Å². The maximum atomic E-state index is 14.2. The molecule has 16 atom stereocenters. The fourth-order valence-electron chi connectivity index (χ4n) is 13.8. The summed E-state index contributed by atoms with van der Waals surface area (Å²) in [4.78, 5) is 26.7. The number of carbonyl (C=O) groups excluding carboxylic acids is 2. The van der Waals surface area contributed by atoms with Gasteiger partial charge < -0.3 is 28.4 Å². The average molecular weight is 737 g/mol. The maximum absolute atomic E-state index is 14.2. The van der Waals surface area contributed by atoms with Crippen LogP contribution >= 0.6 is 0 Å². The molecule has 52 heavy (non-hydrogen) atoms. The molecule has 6 aliphatic carbocycles. The van der Waals surface area contributed by atoms with E-state index in [-0.39, 0.29) is 82.3 Å². The molecule has 0 aliphatic heterocycles. The molecule has 0 amide bonds. The van der Waals surface area contributed by atoms with Crippen molar-refractivity contribution in [2.75, 3.05) is 48.7 Å². The second-order valence-corrected chi connectivity index (χ2v) is 19.0. The van der Waals surface area contributed by atoms with Crippen LogP contribution in [0.25, 0.3) is 0 Å². The number of Topliss-reactive ketones (excluding diaryl/α,β-unsaturated/α-hetero) is 2. The number of carbonyl (C=O) groups is 2. The smallest absolute Gasteiger partial charge is 0.146 e. The molecule has 4 unspecified atom stereocenters. The molecule has 8 nitrogen and oxygen atoms in total. The van der Waals surface area contributed by atoms with Crippen LogP contribution in [0.3, 0.4) is 0 Å². The minimum atomic E-state index is -1.00. The zero-order valence-electron chi connectivity index (χ0n) is 34.7. The number of hydrogen-bond donors (Lipinski definition) is 0. The highest BCUT2D eigenvalue weighted by molar-refractivity contribution is 5.87. The Kier molecular flexibility index (Phi) is 12.9. The van der Waals surface area contributed by atoms with Crippen LogP contribution in [0.2, 0.25) is 0 Å². The fraction of sp³-hybridized carbons (Fsp3) is 0.953. The lowest BCUT2D eigenvalue weighted by Gasteiger charge is -2.62. The third kappa shape index (κ3) is 6.39. The van der Waals surface area contributed by atoms with Gasteiger partial charge in [-0.05, 0) is 98.7 Å². The van der Waals surface area contributed by atoms with Crippen LogP contribution in [0.1, 0.15) is 120 Å². The second kappa shape index (κ2) is 15.9. The second-order valence-electron chi connectivity index (χ2n) is 19.0. The molecule has 0 aromatic carbocycles. The van der Waals surface area contributed by atoms with E-state index in [1.54, 1.807) is 28.3 Å². The fourth-order valence-corrected chi connectivity index (χ4v) is 13.8. The summed E-state index contributed by atoms with van der Waals surface area (Å²) in [7, 11) is 6.90. The molecule has 6 aliphatic rings. The zero-order chi connectivity index (χ0) is 38.4. The van der Waals surface area contributed by atoms with Gasteiger partial charge in [-0.25, -0.2) is 0 Å². The molecule has 0 aromatic rings. The summed E-state index contributed by atoms with van der Waals surface area (Å²) >= 11 is 0. The largest absolute Gasteiger partial charge is 0.381 e. The van der Waals surface area contributed by atoms with Crippen molar-refractivity contribution in [1.29, 1.82) is 0 Å². The van der Waals surface area contributed by atoms with Gasteiger partial charge in [0.05, 0.1) is 29.8 Å². The summed E-state index contributed by atoms with van der Waals surface area (Å²) in [5, 5.41) is 0. The Morgan fingerprint density at radius 3 is 1.56 bits per heavy atom. The number of alkyl halides is 1. The van der Waals surface area contributed by atoms with E-state index in [0.29, 0.717) is 36.8 Å². The molecular weight excluding hydrogens is 663 g/mol. The molecule has 0 spiro atoms. The highest BCUT2D eigenvalue weighted by Gasteiger charge is 2.69. The Labute approximate surface area is 314 Å². The molecule has 6 saturated carbocycles. The van der Waals surface area contributed by atoms with Gasteiger partial charge in [0.25, 0.3) is 0 Å². The van der Waals surface area contributed by atoms with E-state index in [2.05, 4.69) is 41.5 Å². The summed E-state index contributed by atoms with van der Waals surface area (Å²) in [5.74, 6) is 2.07. The lowest BCUT2D eigenvalue weighted by molar-refractivity contribution is -0.220. The monoisotopic (exact) mass is 737 g/mol. The van der Waals surface area contributed by atoms with Crippen LogP contribution in [0.4, 0.5) is 4.39 Å². The molecule has 0 aromatic heterocycles. The van der Waals surface area contributed by atoms with Gasteiger partial charge in [-0.2, -0.15) is 0 Å². The molecular formula is C43H73FO8. The highest BCUT2D eigenvalue weighted by Crippen LogP contribution is 2.70. The number of ketones is 2. The van der Waals surface area contributed by atoms with Crippen molar-refractivity contribution >= 4 is 11.6 Å². The van der Waals surface area contributed by atoms with Crippen LogP contribution in [-0.4, -0.2) is 84.7 Å². The number of methoxy groups -OCH3 is 4. The van der Waals surface area contributed by atoms with E-state index in [1.165, 1.54) is 6.42 Å². The lowest BCUT2D eigenvalue weighted by atomic mass is 9.44. The standard InChI is InChI=1S/C22H37FO4.C21H36O4/c1-14-7-9-22-10-8-16(26-6)18(22)21(14,4)17(27-13-25-5)11-20(3,12-23)19(24)15(22)2;1-13-11-17(25-12-23-5)20(4)14(2)7-9-21(15(3)18(13)22)10-8-16(24-6)19(20)21/h14-18H,7-13H2,1-6H3;13-17,19H,7-12H2,1-6H3/t14-,15+,16-,17-,18?,20+,21+,22?;13-,14+,15-,16+,17+,19?,20-,21?/m10/s1. The SMILES string of the molecule is COCO[C@@H]1C[C@@](C)(CF)C(=O)[C@H](C)C23CC[C@@H](C)[C@]1(C)C2[C@H](OC)CC3.COCO[C@@H]1C[C@H](C)C(=O)[C@H](C)C23CC[C@@H](C)[C@]1(C)C2[C@H](OC)CC3. The molecule has 300 valence electrons. The molecule has 9 heteroatoms. The lowest BCUT2D eigenvalue weighted by Crippen LogP contribution is -2.63. The third-order valence-electron chi connectivity index (χ3n) is 17.2. The predicted molar refractivity (Wildman–Crippen MR) is 199 cm³/mol. The number of rotatable bonds is 9. The first-order valence-electron chi connectivity index (χ1n) is 20.4. The molecule has 0 heterocycles. The molecule has 6 fully saturated rings. The van der Waals surface area contributed by atoms with Gasteiger partial charge in [-0.1, -0.05) is 55.4 Å². The predicted octanol–water partition coefficient (Wildman–Crippen LogP) is 8.48. The van der Waals surface area contributed by atoms with Crippen molar-refractivity contribution < 1.29 is 42.4 Å². The minimum absolute atomic E-state index is 0.0111.